The van der Waals surface area contributed by atoms with E-state index in [2.05, 4.69) is 58.9 Å². The molecule has 2 aromatic carbocycles. The van der Waals surface area contributed by atoms with Crippen molar-refractivity contribution in [2.45, 2.75) is 103 Å². The van der Waals surface area contributed by atoms with E-state index in [0.29, 0.717) is 31.6 Å². The van der Waals surface area contributed by atoms with Gasteiger partial charge in [0.1, 0.15) is 5.75 Å². The average molecular weight is 690 g/mol. The molecule has 264 valence electrons. The lowest BCUT2D eigenvalue weighted by Gasteiger charge is -2.47. The zero-order valence-electron chi connectivity index (χ0n) is 30.0. The highest BCUT2D eigenvalue weighted by Gasteiger charge is 2.64. The molecule has 11 heteroatoms. The summed E-state index contributed by atoms with van der Waals surface area (Å²) in [5.74, 6) is 0.705. The van der Waals surface area contributed by atoms with Crippen molar-refractivity contribution in [3.8, 4) is 17.0 Å². The number of hydrogen-bond acceptors (Lipinski definition) is 6. The fourth-order valence-corrected chi connectivity index (χ4v) is 10.1. The Balaban J connectivity index is 1.40. The molecule has 2 aliphatic heterocycles. The van der Waals surface area contributed by atoms with Crippen molar-refractivity contribution in [1.29, 1.82) is 0 Å². The van der Waals surface area contributed by atoms with Crippen LogP contribution in [0.15, 0.2) is 36.4 Å². The van der Waals surface area contributed by atoms with Gasteiger partial charge in [0.25, 0.3) is 5.91 Å². The maximum atomic E-state index is 15.0. The molecule has 2 saturated carbocycles. The predicted molar refractivity (Wildman–Crippen MR) is 192 cm³/mol. The zero-order chi connectivity index (χ0) is 35.0. The number of ether oxygens (including phenoxy) is 1. The first-order chi connectivity index (χ1) is 23.3. The molecule has 10 nitrogen and oxygen atoms in total. The van der Waals surface area contributed by atoms with E-state index in [9.17, 15) is 18.0 Å². The number of amides is 2. The topological polar surface area (TPSA) is 104 Å². The maximum Gasteiger partial charge on any atom is 0.303 e. The van der Waals surface area contributed by atoms with E-state index >= 15 is 0 Å². The van der Waals surface area contributed by atoms with E-state index in [0.717, 1.165) is 57.0 Å². The lowest BCUT2D eigenvalue weighted by molar-refractivity contribution is -0.142. The van der Waals surface area contributed by atoms with Crippen molar-refractivity contribution in [2.24, 2.45) is 5.41 Å². The molecular formula is C38H51N5O5S. The minimum atomic E-state index is -3.97. The van der Waals surface area contributed by atoms with E-state index in [4.69, 9.17) is 4.74 Å². The summed E-state index contributed by atoms with van der Waals surface area (Å²) in [5.41, 5.74) is 5.21. The van der Waals surface area contributed by atoms with Crippen molar-refractivity contribution < 1.29 is 22.7 Å². The number of benzene rings is 2. The number of hydrogen-bond donors (Lipinski definition) is 1. The molecule has 7 rings (SSSR count). The van der Waals surface area contributed by atoms with Crippen LogP contribution in [0.3, 0.4) is 0 Å². The van der Waals surface area contributed by atoms with Gasteiger partial charge in [0.05, 0.1) is 18.2 Å². The highest BCUT2D eigenvalue weighted by atomic mass is 32.2. The van der Waals surface area contributed by atoms with Gasteiger partial charge in [-0.25, -0.2) is 4.72 Å². The van der Waals surface area contributed by atoms with Gasteiger partial charge >= 0.3 is 10.2 Å². The van der Waals surface area contributed by atoms with Crippen LogP contribution in [0.5, 0.6) is 5.75 Å². The number of fused-ring (bicyclic) bond motifs is 7. The van der Waals surface area contributed by atoms with Gasteiger partial charge in [0, 0.05) is 79.8 Å². The maximum absolute atomic E-state index is 15.0. The molecule has 0 bridgehead atoms. The third kappa shape index (κ3) is 5.66. The molecule has 3 aromatic rings. The van der Waals surface area contributed by atoms with Crippen LogP contribution >= 0.6 is 0 Å². The molecule has 1 aromatic heterocycles. The number of nitrogens with zero attached hydrogens (tertiary/aromatic N) is 4. The van der Waals surface area contributed by atoms with E-state index in [1.54, 1.807) is 13.2 Å². The first-order valence-electron chi connectivity index (χ1n) is 17.9. The standard InChI is InChI=1S/C38H51N5O5S/c1-23(2)43-24(3)20-41(21-25(43)4)37(45)38-19-32(38)31-18-28(48-7)14-16-29(31)35-34(26-11-9-8-10-12-26)30-15-13-27(17-33(30)42(35)22-38)36(44)39-49(46,47)40(5)6/h13-18,23-26,32H,8-12,19-22H2,1-7H3,(H,39,44). The van der Waals surface area contributed by atoms with Crippen LogP contribution < -0.4 is 9.46 Å². The second kappa shape index (κ2) is 12.4. The second-order valence-corrected chi connectivity index (χ2v) is 17.3. The van der Waals surface area contributed by atoms with Crippen LogP contribution in [0.4, 0.5) is 0 Å². The molecule has 2 amide bonds. The smallest absolute Gasteiger partial charge is 0.303 e. The van der Waals surface area contributed by atoms with Crippen LogP contribution in [0.25, 0.3) is 22.2 Å². The monoisotopic (exact) mass is 689 g/mol. The van der Waals surface area contributed by atoms with Gasteiger partial charge < -0.3 is 14.2 Å². The van der Waals surface area contributed by atoms with E-state index in [1.807, 2.05) is 18.2 Å². The molecule has 3 fully saturated rings. The van der Waals surface area contributed by atoms with Crippen LogP contribution in [-0.4, -0.2) is 91.3 Å². The van der Waals surface area contributed by atoms with Gasteiger partial charge in [0.15, 0.2) is 0 Å². The van der Waals surface area contributed by atoms with Crippen molar-refractivity contribution in [3.05, 3.63) is 53.1 Å². The van der Waals surface area contributed by atoms with E-state index in [1.165, 1.54) is 38.9 Å². The Kier molecular flexibility index (Phi) is 8.63. The summed E-state index contributed by atoms with van der Waals surface area (Å²) >= 11 is 0. The number of aromatic nitrogens is 1. The molecule has 1 saturated heterocycles. The molecule has 4 aliphatic rings. The van der Waals surface area contributed by atoms with Gasteiger partial charge in [-0.15, -0.1) is 0 Å². The first kappa shape index (κ1) is 34.1. The number of carbonyl (C=O) groups excluding carboxylic acids is 2. The normalized spacial score (nSPS) is 25.9. The SMILES string of the molecule is COc1ccc2c(c1)C1CC1(C(=O)N1CC(C)N(C(C)C)C(C)C1)Cn1c-2c(C2CCCCC2)c2ccc(C(=O)NS(=O)(=O)N(C)C)cc21. The summed E-state index contributed by atoms with van der Waals surface area (Å²) in [6.45, 7) is 10.8. The summed E-state index contributed by atoms with van der Waals surface area (Å²) in [7, 11) is 0.496. The lowest BCUT2D eigenvalue weighted by Crippen LogP contribution is -2.61. The van der Waals surface area contributed by atoms with Crippen molar-refractivity contribution in [2.75, 3.05) is 34.3 Å². The Morgan fingerprint density at radius 3 is 2.33 bits per heavy atom. The molecule has 0 spiro atoms. The molecular weight excluding hydrogens is 639 g/mol. The lowest BCUT2D eigenvalue weighted by atomic mass is 9.81. The molecule has 49 heavy (non-hydrogen) atoms. The molecule has 4 unspecified atom stereocenters. The summed E-state index contributed by atoms with van der Waals surface area (Å²) in [6.07, 6.45) is 6.48. The number of rotatable bonds is 7. The predicted octanol–water partition coefficient (Wildman–Crippen LogP) is 5.72. The minimum absolute atomic E-state index is 0.0460. The Labute approximate surface area is 290 Å². The Morgan fingerprint density at radius 2 is 1.69 bits per heavy atom. The fraction of sp³-hybridized carbons (Fsp3) is 0.579. The third-order valence-corrected chi connectivity index (χ3v) is 13.2. The fourth-order valence-electron chi connectivity index (χ4n) is 9.52. The molecule has 3 heterocycles. The molecule has 2 aliphatic carbocycles. The zero-order valence-corrected chi connectivity index (χ0v) is 30.8. The average Bonchev–Trinajstić information content (AvgIpc) is 3.73. The Morgan fingerprint density at radius 1 is 1.00 bits per heavy atom. The van der Waals surface area contributed by atoms with Crippen molar-refractivity contribution >= 4 is 32.9 Å². The van der Waals surface area contributed by atoms with Gasteiger partial charge in [-0.2, -0.15) is 12.7 Å². The van der Waals surface area contributed by atoms with Gasteiger partial charge in [-0.1, -0.05) is 25.3 Å². The first-order valence-corrected chi connectivity index (χ1v) is 19.4. The second-order valence-electron chi connectivity index (χ2n) is 15.4. The number of nitrogens with one attached hydrogen (secondary N) is 1. The highest BCUT2D eigenvalue weighted by molar-refractivity contribution is 7.87. The van der Waals surface area contributed by atoms with Gasteiger partial charge in [0.2, 0.25) is 5.91 Å². The van der Waals surface area contributed by atoms with E-state index in [-0.39, 0.29) is 29.5 Å². The van der Waals surface area contributed by atoms with Gasteiger partial charge in [-0.3, -0.25) is 14.5 Å². The molecule has 1 N–H and O–H groups in total. The van der Waals surface area contributed by atoms with Crippen LogP contribution in [0, 0.1) is 5.41 Å². The van der Waals surface area contributed by atoms with Crippen LogP contribution in [0.2, 0.25) is 0 Å². The van der Waals surface area contributed by atoms with E-state index < -0.39 is 21.5 Å². The summed E-state index contributed by atoms with van der Waals surface area (Å²) in [6, 6.07) is 12.8. The summed E-state index contributed by atoms with van der Waals surface area (Å²) < 4.78 is 36.5. The Hall–Kier alpha value is -3.41. The number of piperazine rings is 1. The van der Waals surface area contributed by atoms with Crippen molar-refractivity contribution in [3.63, 3.8) is 0 Å². The van der Waals surface area contributed by atoms with Gasteiger partial charge in [-0.05, 0) is 94.3 Å². The largest absolute Gasteiger partial charge is 0.497 e. The minimum Gasteiger partial charge on any atom is -0.497 e. The summed E-state index contributed by atoms with van der Waals surface area (Å²) in [5, 5.41) is 1.07. The molecule has 4 atom stereocenters. The Bertz CT molecular complexity index is 1900. The summed E-state index contributed by atoms with van der Waals surface area (Å²) in [4.78, 5) is 33.0. The molecule has 0 radical (unpaired) electrons. The number of methoxy groups -OCH3 is 1. The third-order valence-electron chi connectivity index (χ3n) is 11.8. The highest BCUT2D eigenvalue weighted by Crippen LogP contribution is 2.66. The number of carbonyl (C=O) groups is 2. The van der Waals surface area contributed by atoms with Crippen LogP contribution in [-0.2, 0) is 21.5 Å². The quantitative estimate of drug-likeness (QED) is 0.341. The van der Waals surface area contributed by atoms with Crippen LogP contribution in [0.1, 0.15) is 99.5 Å². The van der Waals surface area contributed by atoms with Crippen molar-refractivity contribution in [1.82, 2.24) is 23.4 Å².